The van der Waals surface area contributed by atoms with Crippen LogP contribution in [-0.4, -0.2) is 25.7 Å². The molecule has 0 aliphatic rings. The molecule has 0 spiro atoms. The van der Waals surface area contributed by atoms with E-state index in [2.05, 4.69) is 117 Å². The molecule has 0 heterocycles. The Labute approximate surface area is 235 Å². The van der Waals surface area contributed by atoms with Crippen LogP contribution in [0.25, 0.3) is 6.08 Å². The van der Waals surface area contributed by atoms with Gasteiger partial charge in [0.2, 0.25) is 0 Å². The second-order valence-electron chi connectivity index (χ2n) is 11.0. The molecule has 0 aliphatic heterocycles. The van der Waals surface area contributed by atoms with Gasteiger partial charge in [0.25, 0.3) is 8.32 Å². The Morgan fingerprint density at radius 1 is 0.769 bits per heavy atom. The molecule has 2 atom stereocenters. The second-order valence-corrected chi connectivity index (χ2v) is 14.9. The maximum atomic E-state index is 12.7. The minimum Gasteiger partial charge on any atom is -0.424 e. The highest BCUT2D eigenvalue weighted by molar-refractivity contribution is 6.98. The van der Waals surface area contributed by atoms with E-state index in [9.17, 15) is 4.80 Å². The zero-order chi connectivity index (χ0) is 27.6. The van der Waals surface area contributed by atoms with Gasteiger partial charge in [-0.2, -0.15) is 0 Å². The molecule has 39 heavy (non-hydrogen) atoms. The first-order valence-electron chi connectivity index (χ1n) is 13.9. The summed E-state index contributed by atoms with van der Waals surface area (Å²) < 4.78 is 0. The molecule has 0 saturated carbocycles. The van der Waals surface area contributed by atoms with Gasteiger partial charge in [-0.15, -0.1) is 6.58 Å². The molecule has 0 aromatic heterocycles. The van der Waals surface area contributed by atoms with Gasteiger partial charge in [0, 0.05) is 12.6 Å². The molecule has 4 rings (SSSR count). The molecule has 2 N–H and O–H groups in total. The molecule has 0 radical (unpaired) electrons. The molecular weight excluding hydrogens is 490 g/mol. The normalized spacial score (nSPS) is 13.7. The van der Waals surface area contributed by atoms with E-state index in [1.54, 1.807) is 0 Å². The third kappa shape index (κ3) is 7.33. The van der Waals surface area contributed by atoms with Gasteiger partial charge < -0.3 is 10.1 Å². The van der Waals surface area contributed by atoms with Crippen LogP contribution >= 0.6 is 0 Å². The lowest BCUT2D eigenvalue weighted by Crippen LogP contribution is -2.65. The van der Waals surface area contributed by atoms with Crippen molar-refractivity contribution in [2.45, 2.75) is 37.8 Å². The van der Waals surface area contributed by atoms with Crippen LogP contribution in [0.3, 0.4) is 0 Å². The Kier molecular flexibility index (Phi) is 9.88. The van der Waals surface area contributed by atoms with Crippen molar-refractivity contribution in [3.05, 3.63) is 151 Å². The van der Waals surface area contributed by atoms with E-state index in [4.69, 9.17) is 0 Å². The van der Waals surface area contributed by atoms with Gasteiger partial charge in [-0.3, -0.25) is 0 Å². The molecule has 0 amide bonds. The van der Waals surface area contributed by atoms with Crippen molar-refractivity contribution >= 4 is 24.8 Å². The predicted molar refractivity (Wildman–Crippen MR) is 170 cm³/mol. The van der Waals surface area contributed by atoms with Gasteiger partial charge in [0.05, 0.1) is 0 Å². The fourth-order valence-electron chi connectivity index (χ4n) is 5.54. The van der Waals surface area contributed by atoms with Crippen LogP contribution in [-0.2, 0) is 6.42 Å². The third-order valence-corrected chi connectivity index (χ3v) is 12.2. The first-order chi connectivity index (χ1) is 18.9. The van der Waals surface area contributed by atoms with E-state index in [0.717, 1.165) is 29.8 Å². The fourth-order valence-corrected chi connectivity index (χ4v) is 9.34. The third-order valence-electron chi connectivity index (χ3n) is 7.72. The topological polar surface area (TPSA) is 32.3 Å². The number of hydrogen-bond acceptors (Lipinski definition) is 2. The van der Waals surface area contributed by atoms with Crippen LogP contribution in [0.1, 0.15) is 31.4 Å². The first kappa shape index (κ1) is 28.5. The van der Waals surface area contributed by atoms with E-state index >= 15 is 0 Å². The standard InChI is InChI=1S/C36H41NOSi/c1-4-33(27-31-19-11-6-12-20-31)37-29-32(26-25-30-17-9-5-10-18-30)28-36(2,3)39(38,34-21-13-7-14-22-34)35-23-15-8-16-24-35/h4-26,32-33,37-38H,1,27-29H2,2-3H3/b26-25+/t32-,33-/m1/s1. The summed E-state index contributed by atoms with van der Waals surface area (Å²) in [6.45, 7) is 9.40. The summed E-state index contributed by atoms with van der Waals surface area (Å²) >= 11 is 0. The Balaban J connectivity index is 1.62. The van der Waals surface area contributed by atoms with Crippen molar-refractivity contribution in [3.8, 4) is 0 Å². The Morgan fingerprint density at radius 3 is 1.77 bits per heavy atom. The van der Waals surface area contributed by atoms with Gasteiger partial charge in [-0.25, -0.2) is 0 Å². The van der Waals surface area contributed by atoms with Crippen LogP contribution in [0.4, 0.5) is 0 Å². The van der Waals surface area contributed by atoms with E-state index < -0.39 is 8.32 Å². The monoisotopic (exact) mass is 531 g/mol. The number of benzene rings is 4. The molecule has 200 valence electrons. The average molecular weight is 532 g/mol. The lowest BCUT2D eigenvalue weighted by Gasteiger charge is -2.43. The van der Waals surface area contributed by atoms with Crippen molar-refractivity contribution in [2.24, 2.45) is 5.92 Å². The lowest BCUT2D eigenvalue weighted by molar-refractivity contribution is 0.401. The second kappa shape index (κ2) is 13.5. The minimum absolute atomic E-state index is 0.169. The molecule has 2 nitrogen and oxygen atoms in total. The van der Waals surface area contributed by atoms with E-state index in [0.29, 0.717) is 0 Å². The predicted octanol–water partition coefficient (Wildman–Crippen LogP) is 6.63. The van der Waals surface area contributed by atoms with Crippen LogP contribution in [0.2, 0.25) is 5.04 Å². The van der Waals surface area contributed by atoms with Crippen LogP contribution < -0.4 is 15.7 Å². The summed E-state index contributed by atoms with van der Waals surface area (Å²) in [6.07, 6.45) is 8.28. The van der Waals surface area contributed by atoms with Gasteiger partial charge in [-0.05, 0) is 45.3 Å². The quantitative estimate of drug-likeness (QED) is 0.150. The van der Waals surface area contributed by atoms with Gasteiger partial charge >= 0.3 is 0 Å². The minimum atomic E-state index is -3.11. The van der Waals surface area contributed by atoms with Crippen molar-refractivity contribution in [3.63, 3.8) is 0 Å². The summed E-state index contributed by atoms with van der Waals surface area (Å²) in [7, 11) is -3.11. The van der Waals surface area contributed by atoms with Gasteiger partial charge in [0.1, 0.15) is 0 Å². The number of hydrogen-bond donors (Lipinski definition) is 2. The van der Waals surface area contributed by atoms with Crippen LogP contribution in [0, 0.1) is 5.92 Å². The van der Waals surface area contributed by atoms with E-state index in [1.165, 1.54) is 11.1 Å². The molecule has 0 fully saturated rings. The Bertz CT molecular complexity index is 1260. The average Bonchev–Trinajstić information content (AvgIpc) is 2.99. The molecule has 4 aromatic carbocycles. The van der Waals surface area contributed by atoms with Gasteiger partial charge in [0.15, 0.2) is 0 Å². The first-order valence-corrected chi connectivity index (χ1v) is 15.8. The highest BCUT2D eigenvalue weighted by Crippen LogP contribution is 2.41. The number of rotatable bonds is 13. The molecule has 0 bridgehead atoms. The van der Waals surface area contributed by atoms with Crippen molar-refractivity contribution in [2.75, 3.05) is 6.54 Å². The highest BCUT2D eigenvalue weighted by atomic mass is 28.4. The SMILES string of the molecule is C=C[C@H](Cc1ccccc1)NC[C@H](/C=C/c1ccccc1)CC(C)(C)[Si](O)(c1ccccc1)c1ccccc1. The van der Waals surface area contributed by atoms with E-state index in [-0.39, 0.29) is 17.0 Å². The maximum absolute atomic E-state index is 12.7. The molecule has 3 heteroatoms. The molecule has 0 aliphatic carbocycles. The Morgan fingerprint density at radius 2 is 1.26 bits per heavy atom. The van der Waals surface area contributed by atoms with Crippen molar-refractivity contribution in [1.29, 1.82) is 0 Å². The van der Waals surface area contributed by atoms with Gasteiger partial charge in [-0.1, -0.05) is 153 Å². The van der Waals surface area contributed by atoms with Crippen LogP contribution in [0.5, 0.6) is 0 Å². The molecular formula is C36H41NOSi. The zero-order valence-corrected chi connectivity index (χ0v) is 24.2. The molecule has 4 aromatic rings. The van der Waals surface area contributed by atoms with Crippen molar-refractivity contribution in [1.82, 2.24) is 5.32 Å². The summed E-state index contributed by atoms with van der Waals surface area (Å²) in [5.41, 5.74) is 2.48. The maximum Gasteiger partial charge on any atom is 0.258 e. The smallest absolute Gasteiger partial charge is 0.258 e. The fraction of sp³-hybridized carbons (Fsp3) is 0.222. The Hall–Kier alpha value is -3.50. The lowest BCUT2D eigenvalue weighted by atomic mass is 9.94. The van der Waals surface area contributed by atoms with Crippen LogP contribution in [0.15, 0.2) is 140 Å². The van der Waals surface area contributed by atoms with Crippen molar-refractivity contribution < 1.29 is 4.80 Å². The molecule has 0 unspecified atom stereocenters. The number of nitrogens with one attached hydrogen (secondary N) is 1. The summed E-state index contributed by atoms with van der Waals surface area (Å²) in [5.74, 6) is 0.213. The zero-order valence-electron chi connectivity index (χ0n) is 23.2. The summed E-state index contributed by atoms with van der Waals surface area (Å²) in [5, 5.41) is 5.53. The summed E-state index contributed by atoms with van der Waals surface area (Å²) in [6, 6.07) is 41.8. The highest BCUT2D eigenvalue weighted by Gasteiger charge is 2.50. The molecule has 0 saturated heterocycles. The van der Waals surface area contributed by atoms with E-state index in [1.807, 2.05) is 48.5 Å². The largest absolute Gasteiger partial charge is 0.424 e. The summed E-state index contributed by atoms with van der Waals surface area (Å²) in [4.78, 5) is 12.7.